The lowest BCUT2D eigenvalue weighted by atomic mass is 9.98. The molecule has 1 rings (SSSR count). The summed E-state index contributed by atoms with van der Waals surface area (Å²) in [5.41, 5.74) is 4.12. The molecule has 0 bridgehead atoms. The van der Waals surface area contributed by atoms with Crippen LogP contribution in [0.1, 0.15) is 49.3 Å². The summed E-state index contributed by atoms with van der Waals surface area (Å²) in [6, 6.07) is 6.42. The lowest BCUT2D eigenvalue weighted by Crippen LogP contribution is -1.99. The zero-order valence-electron chi connectivity index (χ0n) is 10.7. The summed E-state index contributed by atoms with van der Waals surface area (Å²) < 4.78 is 0. The lowest BCUT2D eigenvalue weighted by molar-refractivity contribution is -0.119. The Morgan fingerprint density at radius 3 is 2.62 bits per heavy atom. The van der Waals surface area contributed by atoms with Gasteiger partial charge >= 0.3 is 0 Å². The van der Waals surface area contributed by atoms with Crippen LogP contribution in [0.4, 0.5) is 0 Å². The Kier molecular flexibility index (Phi) is 5.24. The summed E-state index contributed by atoms with van der Waals surface area (Å²) in [6.07, 6.45) is 4.47. The van der Waals surface area contributed by atoms with E-state index in [9.17, 15) is 4.79 Å². The Morgan fingerprint density at radius 2 is 1.94 bits per heavy atom. The standard InChI is InChI=1S/C15H22O/c1-4-7-15(16)11-6-10-14-9-5-8-12(2)13(14)3/h5,8-9H,4,6-7,10-11H2,1-3H3. The normalized spacial score (nSPS) is 10.4. The molecule has 0 aliphatic carbocycles. The van der Waals surface area contributed by atoms with Gasteiger partial charge in [-0.05, 0) is 49.8 Å². The maximum absolute atomic E-state index is 11.4. The number of carbonyl (C=O) groups is 1. The number of carbonyl (C=O) groups excluding carboxylic acids is 1. The van der Waals surface area contributed by atoms with Crippen molar-refractivity contribution in [1.29, 1.82) is 0 Å². The van der Waals surface area contributed by atoms with Gasteiger partial charge in [-0.1, -0.05) is 25.1 Å². The summed E-state index contributed by atoms with van der Waals surface area (Å²) in [5, 5.41) is 0. The molecule has 1 aromatic carbocycles. The van der Waals surface area contributed by atoms with E-state index in [2.05, 4.69) is 39.0 Å². The zero-order chi connectivity index (χ0) is 12.0. The molecule has 1 aromatic rings. The third kappa shape index (κ3) is 3.80. The molecule has 0 amide bonds. The Labute approximate surface area is 98.9 Å². The Hall–Kier alpha value is -1.11. The Morgan fingerprint density at radius 1 is 1.19 bits per heavy atom. The lowest BCUT2D eigenvalue weighted by Gasteiger charge is -2.07. The predicted octanol–water partition coefficient (Wildman–Crippen LogP) is 4.00. The van der Waals surface area contributed by atoms with Gasteiger partial charge in [-0.2, -0.15) is 0 Å². The number of hydrogen-bond acceptors (Lipinski definition) is 1. The quantitative estimate of drug-likeness (QED) is 0.705. The summed E-state index contributed by atoms with van der Waals surface area (Å²) in [7, 11) is 0. The minimum Gasteiger partial charge on any atom is -0.300 e. The van der Waals surface area contributed by atoms with E-state index in [0.717, 1.165) is 32.1 Å². The van der Waals surface area contributed by atoms with Gasteiger partial charge in [0.2, 0.25) is 0 Å². The highest BCUT2D eigenvalue weighted by atomic mass is 16.1. The second-order valence-corrected chi connectivity index (χ2v) is 4.50. The highest BCUT2D eigenvalue weighted by molar-refractivity contribution is 5.78. The molecule has 0 aliphatic heterocycles. The van der Waals surface area contributed by atoms with E-state index >= 15 is 0 Å². The summed E-state index contributed by atoms with van der Waals surface area (Å²) >= 11 is 0. The second-order valence-electron chi connectivity index (χ2n) is 4.50. The summed E-state index contributed by atoms with van der Waals surface area (Å²) in [5.74, 6) is 0.410. The van der Waals surface area contributed by atoms with E-state index < -0.39 is 0 Å². The van der Waals surface area contributed by atoms with Crippen LogP contribution in [0.15, 0.2) is 18.2 Å². The van der Waals surface area contributed by atoms with Crippen LogP contribution in [0.3, 0.4) is 0 Å². The van der Waals surface area contributed by atoms with E-state index in [1.807, 2.05) is 0 Å². The maximum atomic E-state index is 11.4. The van der Waals surface area contributed by atoms with Gasteiger partial charge in [0.25, 0.3) is 0 Å². The van der Waals surface area contributed by atoms with Crippen molar-refractivity contribution in [3.63, 3.8) is 0 Å². The molecular weight excluding hydrogens is 196 g/mol. The molecule has 0 heterocycles. The molecule has 1 nitrogen and oxygen atoms in total. The Bertz CT molecular complexity index is 352. The maximum Gasteiger partial charge on any atom is 0.132 e. The van der Waals surface area contributed by atoms with Gasteiger partial charge in [-0.25, -0.2) is 0 Å². The minimum absolute atomic E-state index is 0.410. The fourth-order valence-electron chi connectivity index (χ4n) is 1.96. The third-order valence-electron chi connectivity index (χ3n) is 3.15. The van der Waals surface area contributed by atoms with Gasteiger partial charge in [0.15, 0.2) is 0 Å². The average molecular weight is 218 g/mol. The van der Waals surface area contributed by atoms with Crippen LogP contribution in [-0.2, 0) is 11.2 Å². The molecule has 0 saturated heterocycles. The van der Waals surface area contributed by atoms with E-state index in [1.54, 1.807) is 0 Å². The number of ketones is 1. The fraction of sp³-hybridized carbons (Fsp3) is 0.533. The average Bonchev–Trinajstić information content (AvgIpc) is 2.25. The first-order valence-electron chi connectivity index (χ1n) is 6.22. The van der Waals surface area contributed by atoms with Crippen LogP contribution in [0, 0.1) is 13.8 Å². The molecular formula is C15H22O. The molecule has 0 radical (unpaired) electrons. The first-order chi connectivity index (χ1) is 7.65. The number of hydrogen-bond donors (Lipinski definition) is 0. The van der Waals surface area contributed by atoms with Crippen molar-refractivity contribution in [3.8, 4) is 0 Å². The largest absolute Gasteiger partial charge is 0.300 e. The third-order valence-corrected chi connectivity index (χ3v) is 3.15. The minimum atomic E-state index is 0.410. The Balaban J connectivity index is 2.43. The number of aryl methyl sites for hydroxylation is 2. The molecule has 16 heavy (non-hydrogen) atoms. The van der Waals surface area contributed by atoms with Crippen molar-refractivity contribution in [3.05, 3.63) is 34.9 Å². The van der Waals surface area contributed by atoms with Crippen molar-refractivity contribution in [2.75, 3.05) is 0 Å². The molecule has 0 fully saturated rings. The highest BCUT2D eigenvalue weighted by Gasteiger charge is 2.03. The number of rotatable bonds is 6. The second kappa shape index (κ2) is 6.47. The molecule has 88 valence electrons. The van der Waals surface area contributed by atoms with Gasteiger partial charge in [-0.3, -0.25) is 4.79 Å². The molecule has 0 spiro atoms. The highest BCUT2D eigenvalue weighted by Crippen LogP contribution is 2.15. The number of Topliss-reactive ketones (excluding diaryl/α,β-unsaturated/α-hetero) is 1. The van der Waals surface area contributed by atoms with E-state index in [0.29, 0.717) is 5.78 Å². The van der Waals surface area contributed by atoms with E-state index in [1.165, 1.54) is 16.7 Å². The first-order valence-corrected chi connectivity index (χ1v) is 6.22. The number of benzene rings is 1. The van der Waals surface area contributed by atoms with Gasteiger partial charge in [0.1, 0.15) is 5.78 Å². The van der Waals surface area contributed by atoms with Gasteiger partial charge in [0.05, 0.1) is 0 Å². The van der Waals surface area contributed by atoms with Crippen LogP contribution >= 0.6 is 0 Å². The SMILES string of the molecule is CCCC(=O)CCCc1cccc(C)c1C. The topological polar surface area (TPSA) is 17.1 Å². The smallest absolute Gasteiger partial charge is 0.132 e. The fourth-order valence-corrected chi connectivity index (χ4v) is 1.96. The predicted molar refractivity (Wildman–Crippen MR) is 68.8 cm³/mol. The van der Waals surface area contributed by atoms with Gasteiger partial charge in [-0.15, -0.1) is 0 Å². The van der Waals surface area contributed by atoms with Gasteiger partial charge in [0, 0.05) is 12.8 Å². The summed E-state index contributed by atoms with van der Waals surface area (Å²) in [4.78, 5) is 11.4. The van der Waals surface area contributed by atoms with E-state index in [4.69, 9.17) is 0 Å². The molecule has 0 N–H and O–H groups in total. The van der Waals surface area contributed by atoms with Crippen LogP contribution in [-0.4, -0.2) is 5.78 Å². The monoisotopic (exact) mass is 218 g/mol. The first kappa shape index (κ1) is 13.0. The molecule has 0 unspecified atom stereocenters. The van der Waals surface area contributed by atoms with Crippen LogP contribution in [0.2, 0.25) is 0 Å². The van der Waals surface area contributed by atoms with E-state index in [-0.39, 0.29) is 0 Å². The molecule has 0 atom stereocenters. The zero-order valence-corrected chi connectivity index (χ0v) is 10.7. The van der Waals surface area contributed by atoms with Crippen molar-refractivity contribution in [1.82, 2.24) is 0 Å². The van der Waals surface area contributed by atoms with Crippen molar-refractivity contribution in [2.24, 2.45) is 0 Å². The van der Waals surface area contributed by atoms with Crippen molar-refractivity contribution < 1.29 is 4.79 Å². The molecule has 0 aliphatic rings. The van der Waals surface area contributed by atoms with Crippen LogP contribution in [0.25, 0.3) is 0 Å². The molecule has 1 heteroatoms. The summed E-state index contributed by atoms with van der Waals surface area (Å²) in [6.45, 7) is 6.36. The van der Waals surface area contributed by atoms with Gasteiger partial charge < -0.3 is 0 Å². The van der Waals surface area contributed by atoms with Crippen LogP contribution < -0.4 is 0 Å². The van der Waals surface area contributed by atoms with Crippen molar-refractivity contribution in [2.45, 2.75) is 52.9 Å². The molecule has 0 saturated carbocycles. The molecule has 0 aromatic heterocycles. The van der Waals surface area contributed by atoms with Crippen molar-refractivity contribution >= 4 is 5.78 Å². The van der Waals surface area contributed by atoms with Crippen LogP contribution in [0.5, 0.6) is 0 Å².